The predicted octanol–water partition coefficient (Wildman–Crippen LogP) is 4.28. The molecule has 0 aliphatic carbocycles. The van der Waals surface area contributed by atoms with E-state index in [0.29, 0.717) is 46.5 Å². The zero-order chi connectivity index (χ0) is 24.3. The van der Waals surface area contributed by atoms with E-state index in [0.717, 1.165) is 5.56 Å². The Morgan fingerprint density at radius 2 is 1.74 bits per heavy atom. The van der Waals surface area contributed by atoms with Gasteiger partial charge < -0.3 is 14.8 Å². The average molecular weight is 477 g/mol. The second-order valence-electron chi connectivity index (χ2n) is 6.90. The van der Waals surface area contributed by atoms with Crippen molar-refractivity contribution in [3.63, 3.8) is 0 Å². The number of nitrogens with zero attached hydrogens (tertiary/aromatic N) is 2. The first-order valence-electron chi connectivity index (χ1n) is 10.3. The van der Waals surface area contributed by atoms with Gasteiger partial charge in [-0.05, 0) is 72.6 Å². The molecule has 3 rings (SSSR count). The van der Waals surface area contributed by atoms with E-state index < -0.39 is 11.8 Å². The van der Waals surface area contributed by atoms with E-state index in [2.05, 4.69) is 15.8 Å². The van der Waals surface area contributed by atoms with E-state index in [1.807, 2.05) is 25.1 Å². The molecule has 0 spiro atoms. The Labute approximate surface area is 201 Å². The van der Waals surface area contributed by atoms with Crippen LogP contribution in [0.3, 0.4) is 0 Å². The highest BCUT2D eigenvalue weighted by Gasteiger charge is 2.13. The Morgan fingerprint density at radius 1 is 1.00 bits per heavy atom. The molecule has 0 unspecified atom stereocenters. The van der Waals surface area contributed by atoms with E-state index in [-0.39, 0.29) is 0 Å². The van der Waals surface area contributed by atoms with Gasteiger partial charge in [0.1, 0.15) is 6.61 Å². The van der Waals surface area contributed by atoms with Crippen LogP contribution in [0.4, 0.5) is 5.69 Å². The molecule has 34 heavy (non-hydrogen) atoms. The minimum Gasteiger partial charge on any atom is -0.490 e. The molecule has 172 valence electrons. The van der Waals surface area contributed by atoms with Gasteiger partial charge in [-0.15, -0.1) is 0 Å². The highest BCUT2D eigenvalue weighted by atomic mass is 35.5. The van der Waals surface area contributed by atoms with Crippen LogP contribution in [0.1, 0.15) is 23.6 Å². The van der Waals surface area contributed by atoms with E-state index >= 15 is 0 Å². The molecule has 0 saturated carbocycles. The summed E-state index contributed by atoms with van der Waals surface area (Å²) in [4.78, 5) is 24.0. The average Bonchev–Trinajstić information content (AvgIpc) is 2.85. The fraction of sp³-hybridized carbons (Fsp3) is 0.120. The summed E-state index contributed by atoms with van der Waals surface area (Å²) in [7, 11) is 0. The van der Waals surface area contributed by atoms with Gasteiger partial charge in [0, 0.05) is 10.7 Å². The number of amides is 2. The monoisotopic (exact) mass is 476 g/mol. The maximum Gasteiger partial charge on any atom is 0.329 e. The number of benzene rings is 3. The number of ether oxygens (including phenoxy) is 2. The van der Waals surface area contributed by atoms with E-state index in [1.54, 1.807) is 30.3 Å². The van der Waals surface area contributed by atoms with Gasteiger partial charge in [-0.3, -0.25) is 9.59 Å². The Kier molecular flexibility index (Phi) is 8.60. The number of nitriles is 1. The standard InChI is InChI=1S/C25H21ClN4O4/c1-2-33-23-13-19(7-12-22(23)34-16-18-3-8-20(26)9-4-18)15-28-30-25(32)24(31)29-21-10-5-17(14-27)6-11-21/h3-13,15H,2,16H2,1H3,(H,29,31)(H,30,32). The summed E-state index contributed by atoms with van der Waals surface area (Å²) in [6.45, 7) is 2.63. The van der Waals surface area contributed by atoms with Crippen molar-refractivity contribution in [3.8, 4) is 17.6 Å². The molecule has 0 bridgehead atoms. The number of nitrogens with one attached hydrogen (secondary N) is 2. The third-order valence-electron chi connectivity index (χ3n) is 4.43. The summed E-state index contributed by atoms with van der Waals surface area (Å²) in [5, 5.41) is 15.7. The second-order valence-corrected chi connectivity index (χ2v) is 7.33. The first kappa shape index (κ1) is 24.3. The van der Waals surface area contributed by atoms with Crippen LogP contribution in [-0.2, 0) is 16.2 Å². The Balaban J connectivity index is 1.58. The molecule has 0 aliphatic rings. The van der Waals surface area contributed by atoms with E-state index in [4.69, 9.17) is 26.3 Å². The first-order valence-corrected chi connectivity index (χ1v) is 10.6. The lowest BCUT2D eigenvalue weighted by molar-refractivity contribution is -0.136. The van der Waals surface area contributed by atoms with Gasteiger partial charge >= 0.3 is 11.8 Å². The summed E-state index contributed by atoms with van der Waals surface area (Å²) < 4.78 is 11.5. The maximum atomic E-state index is 12.0. The molecule has 0 saturated heterocycles. The lowest BCUT2D eigenvalue weighted by Gasteiger charge is -2.12. The molecule has 0 aromatic heterocycles. The van der Waals surface area contributed by atoms with Gasteiger partial charge in [0.2, 0.25) is 0 Å². The van der Waals surface area contributed by atoms with Crippen LogP contribution in [0.25, 0.3) is 0 Å². The van der Waals surface area contributed by atoms with Crippen molar-refractivity contribution in [2.45, 2.75) is 13.5 Å². The van der Waals surface area contributed by atoms with E-state index in [9.17, 15) is 9.59 Å². The fourth-order valence-corrected chi connectivity index (χ4v) is 2.89. The fourth-order valence-electron chi connectivity index (χ4n) is 2.77. The molecule has 2 amide bonds. The van der Waals surface area contributed by atoms with Crippen LogP contribution in [0, 0.1) is 11.3 Å². The van der Waals surface area contributed by atoms with Gasteiger partial charge in [0.15, 0.2) is 11.5 Å². The largest absolute Gasteiger partial charge is 0.490 e. The Hall–Kier alpha value is -4.35. The molecule has 0 heterocycles. The van der Waals surface area contributed by atoms with Gasteiger partial charge in [-0.1, -0.05) is 23.7 Å². The molecular formula is C25H21ClN4O4. The topological polar surface area (TPSA) is 113 Å². The van der Waals surface area contributed by atoms with Crippen LogP contribution in [0.15, 0.2) is 71.8 Å². The normalized spacial score (nSPS) is 10.4. The van der Waals surface area contributed by atoms with Crippen molar-refractivity contribution < 1.29 is 19.1 Å². The number of hydrogen-bond donors (Lipinski definition) is 2. The maximum absolute atomic E-state index is 12.0. The number of halogens is 1. The van der Waals surface area contributed by atoms with Crippen LogP contribution in [0.5, 0.6) is 11.5 Å². The highest BCUT2D eigenvalue weighted by Crippen LogP contribution is 2.29. The lowest BCUT2D eigenvalue weighted by Crippen LogP contribution is -2.32. The number of carbonyl (C=O) groups is 2. The van der Waals surface area contributed by atoms with Crippen LogP contribution >= 0.6 is 11.6 Å². The molecule has 3 aromatic carbocycles. The highest BCUT2D eigenvalue weighted by molar-refractivity contribution is 6.39. The van der Waals surface area contributed by atoms with Crippen LogP contribution < -0.4 is 20.2 Å². The molecule has 2 N–H and O–H groups in total. The second kappa shape index (κ2) is 12.0. The number of anilines is 1. The lowest BCUT2D eigenvalue weighted by atomic mass is 10.2. The quantitative estimate of drug-likeness (QED) is 0.286. The minimum atomic E-state index is -0.937. The van der Waals surface area contributed by atoms with Crippen LogP contribution in [-0.4, -0.2) is 24.6 Å². The van der Waals surface area contributed by atoms with Crippen LogP contribution in [0.2, 0.25) is 5.02 Å². The smallest absolute Gasteiger partial charge is 0.329 e. The summed E-state index contributed by atoms with van der Waals surface area (Å²) in [6.07, 6.45) is 1.39. The van der Waals surface area contributed by atoms with Gasteiger partial charge in [0.05, 0.1) is 24.5 Å². The molecule has 0 fully saturated rings. The summed E-state index contributed by atoms with van der Waals surface area (Å²) >= 11 is 5.91. The molecule has 8 nitrogen and oxygen atoms in total. The first-order chi connectivity index (χ1) is 16.5. The van der Waals surface area contributed by atoms with Crippen molar-refractivity contribution in [1.29, 1.82) is 5.26 Å². The minimum absolute atomic E-state index is 0.342. The molecule has 0 radical (unpaired) electrons. The number of rotatable bonds is 8. The van der Waals surface area contributed by atoms with Crippen molar-refractivity contribution in [2.24, 2.45) is 5.10 Å². The molecular weight excluding hydrogens is 456 g/mol. The molecule has 0 aliphatic heterocycles. The zero-order valence-corrected chi connectivity index (χ0v) is 19.0. The predicted molar refractivity (Wildman–Crippen MR) is 129 cm³/mol. The molecule has 9 heteroatoms. The van der Waals surface area contributed by atoms with Gasteiger partial charge in [0.25, 0.3) is 0 Å². The molecule has 0 atom stereocenters. The third kappa shape index (κ3) is 7.08. The summed E-state index contributed by atoms with van der Waals surface area (Å²) in [5.41, 5.74) is 4.60. The Bertz CT molecular complexity index is 1220. The van der Waals surface area contributed by atoms with Gasteiger partial charge in [-0.25, -0.2) is 5.43 Å². The SMILES string of the molecule is CCOc1cc(C=NNC(=O)C(=O)Nc2ccc(C#N)cc2)ccc1OCc1ccc(Cl)cc1. The zero-order valence-electron chi connectivity index (χ0n) is 18.2. The van der Waals surface area contributed by atoms with Crippen molar-refractivity contribution in [2.75, 3.05) is 11.9 Å². The number of carbonyl (C=O) groups excluding carboxylic acids is 2. The van der Waals surface area contributed by atoms with Gasteiger partial charge in [-0.2, -0.15) is 10.4 Å². The molecule has 3 aromatic rings. The number of hydrazone groups is 1. The summed E-state index contributed by atoms with van der Waals surface area (Å²) in [5.74, 6) is -0.749. The van der Waals surface area contributed by atoms with Crippen molar-refractivity contribution in [1.82, 2.24) is 5.43 Å². The third-order valence-corrected chi connectivity index (χ3v) is 4.68. The summed E-state index contributed by atoms with van der Waals surface area (Å²) in [6, 6.07) is 20.6. The van der Waals surface area contributed by atoms with Crippen molar-refractivity contribution >= 4 is 35.3 Å². The number of hydrogen-bond acceptors (Lipinski definition) is 6. The Morgan fingerprint density at radius 3 is 2.41 bits per heavy atom. The van der Waals surface area contributed by atoms with E-state index in [1.165, 1.54) is 30.5 Å². The van der Waals surface area contributed by atoms with Crippen molar-refractivity contribution in [3.05, 3.63) is 88.4 Å².